The van der Waals surface area contributed by atoms with Crippen molar-refractivity contribution in [2.24, 2.45) is 46.3 Å². The molecule has 19 nitrogen and oxygen atoms in total. The van der Waals surface area contributed by atoms with Gasteiger partial charge >= 0.3 is 0 Å². The van der Waals surface area contributed by atoms with Gasteiger partial charge in [-0.2, -0.15) is 0 Å². The summed E-state index contributed by atoms with van der Waals surface area (Å²) in [5, 5.41) is 127. The van der Waals surface area contributed by atoms with Crippen LogP contribution in [0.2, 0.25) is 0 Å². The highest BCUT2D eigenvalue weighted by molar-refractivity contribution is 5.28. The van der Waals surface area contributed by atoms with Crippen LogP contribution >= 0.6 is 0 Å². The van der Waals surface area contributed by atoms with E-state index in [9.17, 15) is 61.3 Å². The summed E-state index contributed by atoms with van der Waals surface area (Å²) in [5.74, 6) is -1.01. The Morgan fingerprint density at radius 2 is 1.38 bits per heavy atom. The molecule has 64 heavy (non-hydrogen) atoms. The van der Waals surface area contributed by atoms with Crippen molar-refractivity contribution in [1.29, 1.82) is 0 Å². The standard InChI is InChI=1S/C45H74O19/c1-18(17-58-42-39(36(54)33(51)28(16-47)61-42)63-40-37(55)34(52)31(49)20(3)59-40)8-11-45(57)19(2)30-26(64-45)14-25-23-7-6-21-12-22(48)13-29(44(21,5)24(23)9-10-43(25,30)4)62-41-38(56)35(53)32(50)27(15-46)60-41/h6,18-20,22-42,46-57H,7-17H2,1-5H3/t18?,19-,20-,22+,23+,24-,25-,26-,27+,28+,29+,30-,31-,32-,33+,34+,35-,36-,37+,38+,39+,40-,41-,42+,43-,44-,45+/m0/s1. The molecule has 8 rings (SSSR count). The Balaban J connectivity index is 0.904. The fourth-order valence-electron chi connectivity index (χ4n) is 13.6. The molecule has 0 spiro atoms. The van der Waals surface area contributed by atoms with Gasteiger partial charge in [0.15, 0.2) is 24.7 Å². The van der Waals surface area contributed by atoms with Gasteiger partial charge in [0.1, 0.15) is 67.1 Å². The number of aliphatic hydroxyl groups excluding tert-OH is 11. The van der Waals surface area contributed by atoms with Crippen LogP contribution in [0.25, 0.3) is 0 Å². The first-order valence-corrected chi connectivity index (χ1v) is 23.5. The number of rotatable bonds is 12. The maximum absolute atomic E-state index is 12.2. The van der Waals surface area contributed by atoms with Crippen molar-refractivity contribution in [2.75, 3.05) is 19.8 Å². The van der Waals surface area contributed by atoms with Crippen LogP contribution in [0.4, 0.5) is 0 Å². The van der Waals surface area contributed by atoms with Gasteiger partial charge in [0.25, 0.3) is 0 Å². The summed E-state index contributed by atoms with van der Waals surface area (Å²) < 4.78 is 42.3. The predicted octanol–water partition coefficient (Wildman–Crippen LogP) is -1.86. The lowest BCUT2D eigenvalue weighted by Gasteiger charge is -2.60. The average molecular weight is 919 g/mol. The fraction of sp³-hybridized carbons (Fsp3) is 0.956. The molecule has 0 aromatic heterocycles. The Labute approximate surface area is 373 Å². The normalized spacial score (nSPS) is 55.5. The molecule has 1 unspecified atom stereocenters. The number of hydrogen-bond acceptors (Lipinski definition) is 19. The van der Waals surface area contributed by atoms with E-state index in [1.54, 1.807) is 0 Å². The van der Waals surface area contributed by atoms with Crippen LogP contribution in [0.3, 0.4) is 0 Å². The lowest BCUT2D eigenvalue weighted by atomic mass is 9.46. The van der Waals surface area contributed by atoms with Crippen LogP contribution in [0, 0.1) is 46.3 Å². The highest BCUT2D eigenvalue weighted by Crippen LogP contribution is 2.70. The zero-order chi connectivity index (χ0) is 46.4. The third-order valence-electron chi connectivity index (χ3n) is 17.4. The topological polar surface area (TPSA) is 307 Å². The molecule has 0 aromatic carbocycles. The third-order valence-corrected chi connectivity index (χ3v) is 17.4. The van der Waals surface area contributed by atoms with E-state index >= 15 is 0 Å². The van der Waals surface area contributed by atoms with Crippen LogP contribution in [0.1, 0.15) is 86.0 Å². The molecule has 4 heterocycles. The first-order chi connectivity index (χ1) is 30.2. The van der Waals surface area contributed by atoms with Gasteiger partial charge in [0, 0.05) is 24.2 Å². The number of fused-ring (bicyclic) bond motifs is 7. The van der Waals surface area contributed by atoms with Crippen molar-refractivity contribution in [1.82, 2.24) is 0 Å². The summed E-state index contributed by atoms with van der Waals surface area (Å²) in [6, 6.07) is 0. The minimum atomic E-state index is -1.69. The van der Waals surface area contributed by atoms with E-state index in [0.29, 0.717) is 25.7 Å². The van der Waals surface area contributed by atoms with Gasteiger partial charge in [-0.15, -0.1) is 0 Å². The van der Waals surface area contributed by atoms with Crippen molar-refractivity contribution in [2.45, 2.75) is 202 Å². The number of hydrogen-bond donors (Lipinski definition) is 12. The second-order valence-electron chi connectivity index (χ2n) is 21.1. The molecule has 3 saturated carbocycles. The highest BCUT2D eigenvalue weighted by Gasteiger charge is 2.69. The van der Waals surface area contributed by atoms with E-state index < -0.39 is 129 Å². The number of allylic oxidation sites excluding steroid dienone is 1. The van der Waals surface area contributed by atoms with Crippen molar-refractivity contribution in [3.63, 3.8) is 0 Å². The van der Waals surface area contributed by atoms with Crippen LogP contribution in [-0.2, 0) is 33.2 Å². The molecule has 27 atom stereocenters. The van der Waals surface area contributed by atoms with Crippen LogP contribution < -0.4 is 0 Å². The summed E-state index contributed by atoms with van der Waals surface area (Å²) in [5.41, 5.74) is 0.442. The lowest BCUT2D eigenvalue weighted by molar-refractivity contribution is -0.365. The molecule has 7 fully saturated rings. The second-order valence-corrected chi connectivity index (χ2v) is 21.1. The van der Waals surface area contributed by atoms with E-state index in [1.165, 1.54) is 6.92 Å². The summed E-state index contributed by atoms with van der Waals surface area (Å²) in [4.78, 5) is 0. The zero-order valence-electron chi connectivity index (χ0n) is 37.4. The smallest absolute Gasteiger partial charge is 0.187 e. The van der Waals surface area contributed by atoms with Gasteiger partial charge in [-0.3, -0.25) is 0 Å². The molecule has 0 amide bonds. The molecular weight excluding hydrogens is 844 g/mol. The molecule has 4 aliphatic carbocycles. The minimum Gasteiger partial charge on any atom is -0.394 e. The first-order valence-electron chi connectivity index (χ1n) is 23.5. The SMILES string of the molecule is CC(CC[C@@]1(O)O[C@H]2C[C@H]3[C@@H]4CC=C5C[C@@H](O)C[C@@H](O[C@@H]6O[C@H](CO)[C@H](O)[C@H](O)[C@H]6O)[C@]5(C)[C@H]4CC[C@]3(C)[C@H]2[C@@H]1C)CO[C@@H]1O[C@H](CO)[C@@H](O)[C@H](O)[C@H]1O[C@@H]1O[C@@H](C)[C@H](O)[C@@H](O)[C@H]1O. The maximum Gasteiger partial charge on any atom is 0.187 e. The number of aliphatic hydroxyl groups is 12. The average Bonchev–Trinajstić information content (AvgIpc) is 3.70. The molecule has 19 heteroatoms. The van der Waals surface area contributed by atoms with Crippen LogP contribution in [-0.4, -0.2) is 197 Å². The summed E-state index contributed by atoms with van der Waals surface area (Å²) >= 11 is 0. The summed E-state index contributed by atoms with van der Waals surface area (Å²) in [7, 11) is 0. The van der Waals surface area contributed by atoms with Crippen LogP contribution in [0.5, 0.6) is 0 Å². The Morgan fingerprint density at radius 1 is 0.750 bits per heavy atom. The van der Waals surface area contributed by atoms with E-state index in [1.807, 2.05) is 6.92 Å². The van der Waals surface area contributed by atoms with Crippen LogP contribution in [0.15, 0.2) is 11.6 Å². The minimum absolute atomic E-state index is 0.0594. The predicted molar refractivity (Wildman–Crippen MR) is 219 cm³/mol. The van der Waals surface area contributed by atoms with Gasteiger partial charge in [0.2, 0.25) is 0 Å². The van der Waals surface area contributed by atoms with E-state index in [-0.39, 0.29) is 53.6 Å². The van der Waals surface area contributed by atoms with Crippen molar-refractivity contribution in [3.05, 3.63) is 11.6 Å². The Hall–Kier alpha value is -1.02. The quantitative estimate of drug-likeness (QED) is 0.0956. The second kappa shape index (κ2) is 18.7. The first kappa shape index (κ1) is 49.4. The van der Waals surface area contributed by atoms with Gasteiger partial charge in [0.05, 0.1) is 44.2 Å². The lowest BCUT2D eigenvalue weighted by Crippen LogP contribution is -2.64. The summed E-state index contributed by atoms with van der Waals surface area (Å²) in [6.07, 6.45) is -15.6. The zero-order valence-corrected chi connectivity index (χ0v) is 37.4. The maximum atomic E-state index is 12.2. The Bertz CT molecular complexity index is 1640. The Morgan fingerprint density at radius 3 is 2.05 bits per heavy atom. The fourth-order valence-corrected chi connectivity index (χ4v) is 13.6. The van der Waals surface area contributed by atoms with E-state index in [4.69, 9.17) is 33.2 Å². The van der Waals surface area contributed by atoms with E-state index in [0.717, 1.165) is 31.3 Å². The van der Waals surface area contributed by atoms with E-state index in [2.05, 4.69) is 26.8 Å². The highest BCUT2D eigenvalue weighted by atomic mass is 16.8. The number of ether oxygens (including phenoxy) is 7. The van der Waals surface area contributed by atoms with Gasteiger partial charge in [-0.25, -0.2) is 0 Å². The molecule has 12 N–H and O–H groups in total. The van der Waals surface area contributed by atoms with Gasteiger partial charge in [-0.1, -0.05) is 39.3 Å². The molecule has 4 aliphatic heterocycles. The summed E-state index contributed by atoms with van der Waals surface area (Å²) in [6.45, 7) is 8.84. The van der Waals surface area contributed by atoms with Crippen molar-refractivity contribution < 1.29 is 94.4 Å². The third kappa shape index (κ3) is 8.36. The Kier molecular flexibility index (Phi) is 14.4. The van der Waals surface area contributed by atoms with Crippen molar-refractivity contribution in [3.8, 4) is 0 Å². The van der Waals surface area contributed by atoms with Gasteiger partial charge in [-0.05, 0) is 80.5 Å². The molecule has 368 valence electrons. The molecular formula is C45H74O19. The van der Waals surface area contributed by atoms with Crippen molar-refractivity contribution >= 4 is 0 Å². The molecule has 8 aliphatic rings. The molecule has 0 bridgehead atoms. The largest absolute Gasteiger partial charge is 0.394 e. The molecule has 4 saturated heterocycles. The molecule has 0 radical (unpaired) electrons. The monoisotopic (exact) mass is 918 g/mol. The molecule has 0 aromatic rings. The van der Waals surface area contributed by atoms with Gasteiger partial charge < -0.3 is 94.4 Å².